The lowest BCUT2D eigenvalue weighted by Gasteiger charge is -2.02. The summed E-state index contributed by atoms with van der Waals surface area (Å²) in [4.78, 5) is 21.6. The molecule has 1 aromatic carbocycles. The van der Waals surface area contributed by atoms with Crippen molar-refractivity contribution in [1.82, 2.24) is 0 Å². The number of carbonyl (C=O) groups is 1. The molecule has 0 saturated carbocycles. The number of nitrogens with zero attached hydrogens (tertiary/aromatic N) is 4. The monoisotopic (exact) mass is 228 g/mol. The molecule has 0 aliphatic carbocycles. The van der Waals surface area contributed by atoms with Gasteiger partial charge in [-0.25, -0.2) is 4.79 Å². The lowest BCUT2D eigenvalue weighted by molar-refractivity contribution is -0.136. The van der Waals surface area contributed by atoms with Crippen molar-refractivity contribution in [2.24, 2.45) is 9.98 Å². The highest BCUT2D eigenvalue weighted by Crippen LogP contribution is 2.02. The van der Waals surface area contributed by atoms with Crippen LogP contribution in [0.3, 0.4) is 0 Å². The number of amidine groups is 1. The molecule has 1 heterocycles. The van der Waals surface area contributed by atoms with Gasteiger partial charge >= 0.3 is 11.8 Å². The van der Waals surface area contributed by atoms with Gasteiger partial charge in [0.05, 0.1) is 0 Å². The topological polar surface area (TPSA) is 87.4 Å². The lowest BCUT2D eigenvalue weighted by Crippen LogP contribution is -2.23. The molecule has 2 rings (SSSR count). The maximum Gasteiger partial charge on any atom is 0.436 e. The third kappa shape index (κ3) is 2.50. The van der Waals surface area contributed by atoms with Gasteiger partial charge in [0.15, 0.2) is 0 Å². The molecule has 6 nitrogen and oxygen atoms in total. The first kappa shape index (κ1) is 10.9. The average Bonchev–Trinajstić information content (AvgIpc) is 2.85. The van der Waals surface area contributed by atoms with Crippen LogP contribution in [0.2, 0.25) is 0 Å². The Kier molecular flexibility index (Phi) is 3.18. The van der Waals surface area contributed by atoms with Gasteiger partial charge in [-0.05, 0) is 10.6 Å². The maximum atomic E-state index is 11.6. The Morgan fingerprint density at radius 2 is 2.12 bits per heavy atom. The molecular weight excluding hydrogens is 220 g/mol. The summed E-state index contributed by atoms with van der Waals surface area (Å²) in [6, 6.07) is 9.24. The number of rotatable bonds is 3. The highest BCUT2D eigenvalue weighted by Gasteiger charge is 2.30. The van der Waals surface area contributed by atoms with E-state index in [-0.39, 0.29) is 18.2 Å². The van der Waals surface area contributed by atoms with E-state index in [0.29, 0.717) is 0 Å². The number of hydrogen-bond donors (Lipinski definition) is 0. The van der Waals surface area contributed by atoms with Crippen LogP contribution in [-0.4, -0.2) is 28.6 Å². The third-order valence-corrected chi connectivity index (χ3v) is 2.08. The SMILES string of the molecule is [N-]=[N+]=C1N=CN=C1C(=O)OCc1ccccc1. The van der Waals surface area contributed by atoms with Crippen LogP contribution >= 0.6 is 0 Å². The molecule has 0 aromatic heterocycles. The summed E-state index contributed by atoms with van der Waals surface area (Å²) in [5, 5.41) is 0. The van der Waals surface area contributed by atoms with Crippen LogP contribution in [0.4, 0.5) is 0 Å². The van der Waals surface area contributed by atoms with E-state index >= 15 is 0 Å². The zero-order valence-electron chi connectivity index (χ0n) is 8.78. The Morgan fingerprint density at radius 1 is 1.35 bits per heavy atom. The fourth-order valence-corrected chi connectivity index (χ4v) is 1.27. The van der Waals surface area contributed by atoms with Gasteiger partial charge in [-0.2, -0.15) is 4.99 Å². The first-order chi connectivity index (χ1) is 8.31. The fourth-order valence-electron chi connectivity index (χ4n) is 1.27. The first-order valence-electron chi connectivity index (χ1n) is 4.85. The van der Waals surface area contributed by atoms with Crippen LogP contribution in [0.25, 0.3) is 5.53 Å². The molecule has 0 saturated heterocycles. The minimum atomic E-state index is -0.667. The van der Waals surface area contributed by atoms with Crippen LogP contribution in [0.5, 0.6) is 0 Å². The second kappa shape index (κ2) is 4.96. The van der Waals surface area contributed by atoms with E-state index < -0.39 is 5.97 Å². The zero-order valence-corrected chi connectivity index (χ0v) is 8.78. The van der Waals surface area contributed by atoms with Gasteiger partial charge in [0.25, 0.3) is 5.71 Å². The summed E-state index contributed by atoms with van der Waals surface area (Å²) >= 11 is 0. The van der Waals surface area contributed by atoms with Crippen molar-refractivity contribution in [2.75, 3.05) is 0 Å². The van der Waals surface area contributed by atoms with Gasteiger partial charge in [0.2, 0.25) is 6.34 Å². The zero-order chi connectivity index (χ0) is 12.1. The molecule has 17 heavy (non-hydrogen) atoms. The molecule has 0 radical (unpaired) electrons. The molecule has 0 spiro atoms. The first-order valence-corrected chi connectivity index (χ1v) is 4.85. The number of esters is 1. The minimum Gasteiger partial charge on any atom is -0.497 e. The van der Waals surface area contributed by atoms with Crippen molar-refractivity contribution < 1.29 is 14.3 Å². The van der Waals surface area contributed by atoms with E-state index in [4.69, 9.17) is 10.3 Å². The Bertz CT molecular complexity index is 542. The smallest absolute Gasteiger partial charge is 0.436 e. The standard InChI is InChI=1S/C11H8N4O2/c12-15-10-9(13-7-14-10)11(16)17-6-8-4-2-1-3-5-8/h1-5,7H,6H2. The van der Waals surface area contributed by atoms with Gasteiger partial charge < -0.3 is 15.1 Å². The second-order valence-corrected chi connectivity index (χ2v) is 3.21. The van der Waals surface area contributed by atoms with E-state index in [1.54, 1.807) is 0 Å². The van der Waals surface area contributed by atoms with Crippen molar-refractivity contribution in [2.45, 2.75) is 6.61 Å². The third-order valence-electron chi connectivity index (χ3n) is 2.08. The number of ether oxygens (including phenoxy) is 1. The summed E-state index contributed by atoms with van der Waals surface area (Å²) in [7, 11) is 0. The van der Waals surface area contributed by atoms with Crippen molar-refractivity contribution in [3.05, 3.63) is 41.4 Å². The summed E-state index contributed by atoms with van der Waals surface area (Å²) in [5.74, 6) is -0.804. The van der Waals surface area contributed by atoms with Gasteiger partial charge in [0, 0.05) is 0 Å². The Balaban J connectivity index is 1.98. The number of benzene rings is 1. The summed E-state index contributed by atoms with van der Waals surface area (Å²) < 4.78 is 5.00. The number of aliphatic imine (C=N–C) groups is 2. The largest absolute Gasteiger partial charge is 0.497 e. The normalized spacial score (nSPS) is 13.2. The highest BCUT2D eigenvalue weighted by molar-refractivity contribution is 6.66. The summed E-state index contributed by atoms with van der Waals surface area (Å²) in [6.45, 7) is 0.136. The molecule has 0 unspecified atom stereocenters. The maximum absolute atomic E-state index is 11.6. The van der Waals surface area contributed by atoms with Gasteiger partial charge in [0.1, 0.15) is 6.61 Å². The van der Waals surface area contributed by atoms with Gasteiger partial charge in [-0.1, -0.05) is 30.3 Å². The molecule has 0 atom stereocenters. The van der Waals surface area contributed by atoms with Gasteiger partial charge in [-0.15, -0.1) is 0 Å². The Labute approximate surface area is 96.9 Å². The van der Waals surface area contributed by atoms with Crippen molar-refractivity contribution in [1.29, 1.82) is 0 Å². The average molecular weight is 228 g/mol. The molecule has 1 aromatic rings. The molecule has 1 aliphatic heterocycles. The van der Waals surface area contributed by atoms with E-state index in [9.17, 15) is 4.79 Å². The molecule has 1 aliphatic rings. The van der Waals surface area contributed by atoms with Crippen LogP contribution in [-0.2, 0) is 16.1 Å². The summed E-state index contributed by atoms with van der Waals surface area (Å²) in [5.41, 5.74) is 9.33. The van der Waals surface area contributed by atoms with Crippen molar-refractivity contribution in [3.8, 4) is 0 Å². The molecule has 6 heteroatoms. The van der Waals surface area contributed by atoms with Gasteiger partial charge in [-0.3, -0.25) is 0 Å². The number of carbonyl (C=O) groups excluding carboxylic acids is 1. The highest BCUT2D eigenvalue weighted by atomic mass is 16.5. The Morgan fingerprint density at radius 3 is 2.82 bits per heavy atom. The van der Waals surface area contributed by atoms with E-state index in [1.165, 1.54) is 0 Å². The molecule has 0 amide bonds. The molecule has 0 N–H and O–H groups in total. The van der Waals surface area contributed by atoms with E-state index in [2.05, 4.69) is 14.8 Å². The van der Waals surface area contributed by atoms with Crippen molar-refractivity contribution >= 4 is 23.9 Å². The number of hydrogen-bond acceptors (Lipinski definition) is 3. The molecule has 0 fully saturated rings. The molecular formula is C11H8N4O2. The fraction of sp³-hybridized carbons (Fsp3) is 0.0909. The van der Waals surface area contributed by atoms with Crippen LogP contribution in [0, 0.1) is 0 Å². The van der Waals surface area contributed by atoms with Crippen LogP contribution in [0.15, 0.2) is 40.3 Å². The van der Waals surface area contributed by atoms with Crippen molar-refractivity contribution in [3.63, 3.8) is 0 Å². The predicted molar refractivity (Wildman–Crippen MR) is 60.8 cm³/mol. The second-order valence-electron chi connectivity index (χ2n) is 3.21. The summed E-state index contributed by atoms with van der Waals surface area (Å²) in [6.07, 6.45) is 1.13. The van der Waals surface area contributed by atoms with E-state index in [1.807, 2.05) is 30.3 Å². The molecule has 84 valence electrons. The molecule has 0 bridgehead atoms. The lowest BCUT2D eigenvalue weighted by atomic mass is 10.2. The van der Waals surface area contributed by atoms with Crippen LogP contribution in [0.1, 0.15) is 5.56 Å². The Hall–Kier alpha value is -2.59. The van der Waals surface area contributed by atoms with Crippen LogP contribution < -0.4 is 0 Å². The quantitative estimate of drug-likeness (QED) is 0.436. The van der Waals surface area contributed by atoms with E-state index in [0.717, 1.165) is 11.9 Å². The predicted octanol–water partition coefficient (Wildman–Crippen LogP) is 0.841. The minimum absolute atomic E-state index is 0.0940.